The number of aryl methyl sites for hydroxylation is 1. The summed E-state index contributed by atoms with van der Waals surface area (Å²) in [6.45, 7) is 4.27. The fraction of sp³-hybridized carbons (Fsp3) is 0.438. The van der Waals surface area contributed by atoms with Crippen LogP contribution in [0.5, 0.6) is 0 Å². The lowest BCUT2D eigenvalue weighted by Crippen LogP contribution is -2.32. The Labute approximate surface area is 120 Å². The molecule has 0 aliphatic carbocycles. The van der Waals surface area contributed by atoms with E-state index in [9.17, 15) is 0 Å². The van der Waals surface area contributed by atoms with Gasteiger partial charge >= 0.3 is 0 Å². The van der Waals surface area contributed by atoms with Crippen LogP contribution in [-0.4, -0.2) is 33.6 Å². The predicted octanol–water partition coefficient (Wildman–Crippen LogP) is 1.78. The fourth-order valence-electron chi connectivity index (χ4n) is 2.79. The van der Waals surface area contributed by atoms with Crippen molar-refractivity contribution in [3.63, 3.8) is 0 Å². The Morgan fingerprint density at radius 1 is 1.30 bits per heavy atom. The molecule has 1 atom stereocenters. The summed E-state index contributed by atoms with van der Waals surface area (Å²) in [6, 6.07) is 11.3. The van der Waals surface area contributed by atoms with Gasteiger partial charge in [-0.3, -0.25) is 4.90 Å². The summed E-state index contributed by atoms with van der Waals surface area (Å²) in [5, 5.41) is 3.64. The zero-order valence-electron chi connectivity index (χ0n) is 12.0. The number of nitrogens with one attached hydrogen (secondary N) is 1. The van der Waals surface area contributed by atoms with E-state index >= 15 is 0 Å². The van der Waals surface area contributed by atoms with Crippen LogP contribution in [-0.2, 0) is 20.1 Å². The molecule has 0 saturated carbocycles. The molecule has 3 rings (SSSR count). The molecule has 0 bridgehead atoms. The van der Waals surface area contributed by atoms with E-state index in [1.807, 2.05) is 19.6 Å². The van der Waals surface area contributed by atoms with Gasteiger partial charge in [0.1, 0.15) is 0 Å². The molecule has 1 aliphatic heterocycles. The zero-order chi connectivity index (χ0) is 13.8. The van der Waals surface area contributed by atoms with Crippen molar-refractivity contribution < 1.29 is 0 Å². The van der Waals surface area contributed by atoms with Crippen LogP contribution in [0.1, 0.15) is 17.7 Å². The monoisotopic (exact) mass is 270 g/mol. The number of likely N-dealkylation sites (tertiary alicyclic amines) is 1. The molecule has 20 heavy (non-hydrogen) atoms. The minimum atomic E-state index is 0.591. The van der Waals surface area contributed by atoms with Gasteiger partial charge in [-0.2, -0.15) is 0 Å². The average Bonchev–Trinajstić information content (AvgIpc) is 3.07. The van der Waals surface area contributed by atoms with Crippen LogP contribution in [0, 0.1) is 0 Å². The summed E-state index contributed by atoms with van der Waals surface area (Å²) in [4.78, 5) is 6.67. The van der Waals surface area contributed by atoms with Crippen LogP contribution in [0.15, 0.2) is 42.9 Å². The Morgan fingerprint density at radius 2 is 2.15 bits per heavy atom. The second-order valence-electron chi connectivity index (χ2n) is 5.58. The highest BCUT2D eigenvalue weighted by atomic mass is 15.2. The van der Waals surface area contributed by atoms with E-state index in [0.717, 1.165) is 19.6 Å². The van der Waals surface area contributed by atoms with E-state index in [-0.39, 0.29) is 0 Å². The van der Waals surface area contributed by atoms with E-state index in [2.05, 4.69) is 50.1 Å². The Morgan fingerprint density at radius 3 is 2.90 bits per heavy atom. The lowest BCUT2D eigenvalue weighted by molar-refractivity contribution is 0.319. The molecule has 1 unspecified atom stereocenters. The Hall–Kier alpha value is -1.65. The maximum absolute atomic E-state index is 4.15. The first-order chi connectivity index (χ1) is 9.81. The van der Waals surface area contributed by atoms with E-state index < -0.39 is 0 Å². The quantitative estimate of drug-likeness (QED) is 0.899. The smallest absolute Gasteiger partial charge is 0.0945 e. The summed E-state index contributed by atoms with van der Waals surface area (Å²) in [7, 11) is 2.04. The van der Waals surface area contributed by atoms with Gasteiger partial charge in [0.2, 0.25) is 0 Å². The van der Waals surface area contributed by atoms with Crippen molar-refractivity contribution in [2.24, 2.45) is 7.05 Å². The van der Waals surface area contributed by atoms with Crippen LogP contribution in [0.4, 0.5) is 0 Å². The largest absolute Gasteiger partial charge is 0.337 e. The van der Waals surface area contributed by atoms with Crippen molar-refractivity contribution in [1.82, 2.24) is 19.8 Å². The van der Waals surface area contributed by atoms with Crippen LogP contribution in [0.2, 0.25) is 0 Å². The first-order valence-corrected chi connectivity index (χ1v) is 7.26. The van der Waals surface area contributed by atoms with Crippen molar-refractivity contribution in [3.8, 4) is 0 Å². The number of hydrogen-bond donors (Lipinski definition) is 1. The van der Waals surface area contributed by atoms with Gasteiger partial charge < -0.3 is 9.88 Å². The van der Waals surface area contributed by atoms with Gasteiger partial charge in [0, 0.05) is 45.5 Å². The molecule has 0 radical (unpaired) electrons. The lowest BCUT2D eigenvalue weighted by atomic mass is 10.2. The van der Waals surface area contributed by atoms with E-state index in [0.29, 0.717) is 6.04 Å². The lowest BCUT2D eigenvalue weighted by Gasteiger charge is -2.16. The zero-order valence-corrected chi connectivity index (χ0v) is 12.0. The third-order valence-corrected chi connectivity index (χ3v) is 4.01. The summed E-state index contributed by atoms with van der Waals surface area (Å²) in [6.07, 6.45) is 5.02. The highest BCUT2D eigenvalue weighted by Gasteiger charge is 2.21. The van der Waals surface area contributed by atoms with Crippen molar-refractivity contribution in [2.45, 2.75) is 25.6 Å². The van der Waals surface area contributed by atoms with E-state index in [1.54, 1.807) is 0 Å². The minimum Gasteiger partial charge on any atom is -0.337 e. The number of aromatic nitrogens is 2. The van der Waals surface area contributed by atoms with Crippen molar-refractivity contribution in [2.75, 3.05) is 13.1 Å². The average molecular weight is 270 g/mol. The molecule has 4 heteroatoms. The molecular formula is C16H22N4. The third-order valence-electron chi connectivity index (χ3n) is 4.01. The Kier molecular flexibility index (Phi) is 4.14. The van der Waals surface area contributed by atoms with Gasteiger partial charge in [-0.25, -0.2) is 4.98 Å². The van der Waals surface area contributed by atoms with Gasteiger partial charge in [-0.1, -0.05) is 30.3 Å². The Balaban J connectivity index is 1.46. The van der Waals surface area contributed by atoms with E-state index in [1.165, 1.54) is 24.2 Å². The molecule has 1 aromatic carbocycles. The number of hydrogen-bond acceptors (Lipinski definition) is 3. The molecular weight excluding hydrogens is 248 g/mol. The predicted molar refractivity (Wildman–Crippen MR) is 80.2 cm³/mol. The van der Waals surface area contributed by atoms with Crippen molar-refractivity contribution in [1.29, 1.82) is 0 Å². The maximum atomic E-state index is 4.15. The molecule has 1 aliphatic rings. The molecule has 1 N–H and O–H groups in total. The number of nitrogens with zero attached hydrogens (tertiary/aromatic N) is 3. The van der Waals surface area contributed by atoms with Crippen LogP contribution < -0.4 is 5.32 Å². The third kappa shape index (κ3) is 3.26. The standard InChI is InChI=1S/C16H22N4/c1-19-13-17-9-16(19)10-18-15-7-8-20(12-15)11-14-5-3-2-4-6-14/h2-6,9,13,15,18H,7-8,10-12H2,1H3. The Bertz CT molecular complexity index is 534. The SMILES string of the molecule is Cn1cncc1CNC1CCN(Cc2ccccc2)C1. The number of benzene rings is 1. The second kappa shape index (κ2) is 6.20. The first-order valence-electron chi connectivity index (χ1n) is 7.26. The fourth-order valence-corrected chi connectivity index (χ4v) is 2.79. The summed E-state index contributed by atoms with van der Waals surface area (Å²) >= 11 is 0. The molecule has 4 nitrogen and oxygen atoms in total. The normalized spacial score (nSPS) is 19.6. The van der Waals surface area contributed by atoms with Crippen molar-refractivity contribution >= 4 is 0 Å². The summed E-state index contributed by atoms with van der Waals surface area (Å²) in [5.41, 5.74) is 2.64. The van der Waals surface area contributed by atoms with Gasteiger partial charge in [0.05, 0.1) is 12.0 Å². The first kappa shape index (κ1) is 13.3. The summed E-state index contributed by atoms with van der Waals surface area (Å²) in [5.74, 6) is 0. The van der Waals surface area contributed by atoms with Gasteiger partial charge in [0.25, 0.3) is 0 Å². The molecule has 1 fully saturated rings. The van der Waals surface area contributed by atoms with Gasteiger partial charge in [-0.15, -0.1) is 0 Å². The molecule has 1 saturated heterocycles. The topological polar surface area (TPSA) is 33.1 Å². The van der Waals surface area contributed by atoms with Crippen LogP contribution >= 0.6 is 0 Å². The number of imidazole rings is 1. The molecule has 2 heterocycles. The highest BCUT2D eigenvalue weighted by molar-refractivity contribution is 5.14. The molecule has 2 aromatic rings. The molecule has 1 aromatic heterocycles. The van der Waals surface area contributed by atoms with Gasteiger partial charge in [-0.05, 0) is 12.0 Å². The van der Waals surface area contributed by atoms with Crippen LogP contribution in [0.3, 0.4) is 0 Å². The minimum absolute atomic E-state index is 0.591. The van der Waals surface area contributed by atoms with Crippen molar-refractivity contribution in [3.05, 3.63) is 54.1 Å². The second-order valence-corrected chi connectivity index (χ2v) is 5.58. The molecule has 0 amide bonds. The number of rotatable bonds is 5. The molecule has 0 spiro atoms. The maximum Gasteiger partial charge on any atom is 0.0945 e. The van der Waals surface area contributed by atoms with Crippen LogP contribution in [0.25, 0.3) is 0 Å². The van der Waals surface area contributed by atoms with Gasteiger partial charge in [0.15, 0.2) is 0 Å². The van der Waals surface area contributed by atoms with E-state index in [4.69, 9.17) is 0 Å². The highest BCUT2D eigenvalue weighted by Crippen LogP contribution is 2.13. The summed E-state index contributed by atoms with van der Waals surface area (Å²) < 4.78 is 2.07. The molecule has 106 valence electrons.